The first kappa shape index (κ1) is 18.4. The monoisotopic (exact) mass is 364 g/mol. The number of aryl methyl sites for hydroxylation is 1. The SMILES string of the molecule is Cc1nn(CC(=O)Nc2cc([N+](=O)[O-])c(C)c([N+](=O)[O-])c2)cc1[N+](=O)[O-]. The van der Waals surface area contributed by atoms with Crippen molar-refractivity contribution >= 4 is 28.7 Å². The number of rotatable bonds is 6. The Morgan fingerprint density at radius 2 is 1.54 bits per heavy atom. The van der Waals surface area contributed by atoms with Gasteiger partial charge in [-0.2, -0.15) is 5.10 Å². The van der Waals surface area contributed by atoms with E-state index in [1.165, 1.54) is 13.8 Å². The molecule has 0 aliphatic carbocycles. The number of nitro groups is 3. The summed E-state index contributed by atoms with van der Waals surface area (Å²) in [5.74, 6) is -0.713. The highest BCUT2D eigenvalue weighted by Crippen LogP contribution is 2.31. The number of hydrogen-bond donors (Lipinski definition) is 1. The number of carbonyl (C=O) groups is 1. The van der Waals surface area contributed by atoms with Crippen molar-refractivity contribution < 1.29 is 19.6 Å². The number of aromatic nitrogens is 2. The molecule has 0 bridgehead atoms. The molecule has 0 radical (unpaired) electrons. The predicted octanol–water partition coefficient (Wildman–Crippen LogP) is 1.86. The van der Waals surface area contributed by atoms with Crippen LogP contribution in [0.1, 0.15) is 11.3 Å². The molecule has 1 aromatic carbocycles. The van der Waals surface area contributed by atoms with Crippen LogP contribution in [0.15, 0.2) is 18.3 Å². The molecule has 0 atom stereocenters. The van der Waals surface area contributed by atoms with Crippen LogP contribution < -0.4 is 5.32 Å². The van der Waals surface area contributed by atoms with Crippen LogP contribution >= 0.6 is 0 Å². The maximum atomic E-state index is 12.0. The van der Waals surface area contributed by atoms with Gasteiger partial charge in [0, 0.05) is 12.1 Å². The molecule has 1 heterocycles. The van der Waals surface area contributed by atoms with Gasteiger partial charge in [-0.1, -0.05) is 0 Å². The maximum absolute atomic E-state index is 12.0. The van der Waals surface area contributed by atoms with Gasteiger partial charge in [-0.15, -0.1) is 0 Å². The quantitative estimate of drug-likeness (QED) is 0.596. The number of benzene rings is 1. The minimum Gasteiger partial charge on any atom is -0.324 e. The Bertz CT molecular complexity index is 900. The van der Waals surface area contributed by atoms with Crippen LogP contribution in [0.5, 0.6) is 0 Å². The van der Waals surface area contributed by atoms with Crippen molar-refractivity contribution in [1.82, 2.24) is 9.78 Å². The number of nitrogens with one attached hydrogen (secondary N) is 1. The number of anilines is 1. The molecule has 1 aromatic heterocycles. The molecule has 1 amide bonds. The fourth-order valence-electron chi connectivity index (χ4n) is 2.25. The van der Waals surface area contributed by atoms with Crippen molar-refractivity contribution in [3.63, 3.8) is 0 Å². The highest BCUT2D eigenvalue weighted by atomic mass is 16.6. The second-order valence-electron chi connectivity index (χ2n) is 5.26. The summed E-state index contributed by atoms with van der Waals surface area (Å²) in [5, 5.41) is 38.9. The highest BCUT2D eigenvalue weighted by Gasteiger charge is 2.24. The van der Waals surface area contributed by atoms with E-state index in [2.05, 4.69) is 10.4 Å². The standard InChI is InChI=1S/C13H12N6O7/c1-7-10(17(21)22)3-9(4-11(7)18(23)24)14-13(20)6-16-5-12(19(25)26)8(2)15-16/h3-5H,6H2,1-2H3,(H,14,20). The number of nitro benzene ring substituents is 2. The lowest BCUT2D eigenvalue weighted by molar-refractivity contribution is -0.395. The number of nitrogens with zero attached hydrogens (tertiary/aromatic N) is 5. The van der Waals surface area contributed by atoms with Crippen LogP contribution in [0.4, 0.5) is 22.7 Å². The van der Waals surface area contributed by atoms with Crippen LogP contribution in [0, 0.1) is 44.2 Å². The molecule has 0 spiro atoms. The van der Waals surface area contributed by atoms with Gasteiger partial charge in [-0.3, -0.25) is 39.8 Å². The van der Waals surface area contributed by atoms with Gasteiger partial charge in [0.2, 0.25) is 5.91 Å². The highest BCUT2D eigenvalue weighted by molar-refractivity contribution is 5.91. The fraction of sp³-hybridized carbons (Fsp3) is 0.231. The first-order valence-corrected chi connectivity index (χ1v) is 7.02. The molecule has 0 fully saturated rings. The molecule has 13 heteroatoms. The van der Waals surface area contributed by atoms with E-state index in [9.17, 15) is 35.1 Å². The van der Waals surface area contributed by atoms with Crippen LogP contribution in [-0.2, 0) is 11.3 Å². The van der Waals surface area contributed by atoms with Gasteiger partial charge in [0.15, 0.2) is 0 Å². The first-order chi connectivity index (χ1) is 12.1. The molecule has 1 N–H and O–H groups in total. The molecule has 136 valence electrons. The van der Waals surface area contributed by atoms with Crippen LogP contribution in [0.3, 0.4) is 0 Å². The average Bonchev–Trinajstić information content (AvgIpc) is 2.88. The van der Waals surface area contributed by atoms with Crippen molar-refractivity contribution in [3.05, 3.63) is 59.9 Å². The zero-order chi connectivity index (χ0) is 19.6. The predicted molar refractivity (Wildman–Crippen MR) is 86.7 cm³/mol. The van der Waals surface area contributed by atoms with Gasteiger partial charge in [0.1, 0.15) is 24.0 Å². The zero-order valence-electron chi connectivity index (χ0n) is 13.5. The second-order valence-corrected chi connectivity index (χ2v) is 5.26. The Morgan fingerprint density at radius 1 is 1.04 bits per heavy atom. The van der Waals surface area contributed by atoms with Gasteiger partial charge in [-0.25, -0.2) is 0 Å². The molecule has 2 rings (SSSR count). The van der Waals surface area contributed by atoms with Gasteiger partial charge in [0.25, 0.3) is 11.4 Å². The van der Waals surface area contributed by atoms with Gasteiger partial charge >= 0.3 is 5.69 Å². The van der Waals surface area contributed by atoms with Crippen LogP contribution in [-0.4, -0.2) is 30.5 Å². The average molecular weight is 364 g/mol. The summed E-state index contributed by atoms with van der Waals surface area (Å²) in [5.41, 5.74) is -1.46. The van der Waals surface area contributed by atoms with Crippen LogP contribution in [0.2, 0.25) is 0 Å². The van der Waals surface area contributed by atoms with E-state index in [-0.39, 0.29) is 22.6 Å². The van der Waals surface area contributed by atoms with E-state index in [0.29, 0.717) is 0 Å². The van der Waals surface area contributed by atoms with Gasteiger partial charge in [-0.05, 0) is 13.8 Å². The Kier molecular flexibility index (Phi) is 4.91. The largest absolute Gasteiger partial charge is 0.324 e. The Morgan fingerprint density at radius 3 is 1.96 bits per heavy atom. The third kappa shape index (κ3) is 3.77. The molecule has 0 saturated heterocycles. The number of carbonyl (C=O) groups excluding carboxylic acids is 1. The summed E-state index contributed by atoms with van der Waals surface area (Å²) >= 11 is 0. The molecular formula is C13H12N6O7. The molecule has 26 heavy (non-hydrogen) atoms. The van der Waals surface area contributed by atoms with E-state index in [1.807, 2.05) is 0 Å². The van der Waals surface area contributed by atoms with E-state index < -0.39 is 38.6 Å². The van der Waals surface area contributed by atoms with E-state index >= 15 is 0 Å². The Labute approximate surface area is 144 Å². The van der Waals surface area contributed by atoms with E-state index in [0.717, 1.165) is 23.0 Å². The molecular weight excluding hydrogens is 352 g/mol. The van der Waals surface area contributed by atoms with Gasteiger partial charge < -0.3 is 5.32 Å². The molecule has 2 aromatic rings. The first-order valence-electron chi connectivity index (χ1n) is 7.02. The second kappa shape index (κ2) is 6.92. The third-order valence-electron chi connectivity index (χ3n) is 3.45. The van der Waals surface area contributed by atoms with Crippen molar-refractivity contribution in [2.24, 2.45) is 0 Å². The van der Waals surface area contributed by atoms with Crippen molar-refractivity contribution in [3.8, 4) is 0 Å². The normalized spacial score (nSPS) is 10.4. The molecule has 0 unspecified atom stereocenters. The molecule has 0 aliphatic rings. The minimum atomic E-state index is -0.793. The molecule has 13 nitrogen and oxygen atoms in total. The number of hydrogen-bond acceptors (Lipinski definition) is 8. The van der Waals surface area contributed by atoms with Crippen molar-refractivity contribution in [1.29, 1.82) is 0 Å². The van der Waals surface area contributed by atoms with Crippen molar-refractivity contribution in [2.45, 2.75) is 20.4 Å². The molecule has 0 saturated carbocycles. The topological polar surface area (TPSA) is 176 Å². The van der Waals surface area contributed by atoms with E-state index in [4.69, 9.17) is 0 Å². The third-order valence-corrected chi connectivity index (χ3v) is 3.45. The minimum absolute atomic E-state index is 0.115. The van der Waals surface area contributed by atoms with Crippen LogP contribution in [0.25, 0.3) is 0 Å². The van der Waals surface area contributed by atoms with Gasteiger partial charge in [0.05, 0.1) is 20.5 Å². The summed E-state index contributed by atoms with van der Waals surface area (Å²) in [6.07, 6.45) is 1.06. The smallest absolute Gasteiger partial charge is 0.309 e. The zero-order valence-corrected chi connectivity index (χ0v) is 13.5. The van der Waals surface area contributed by atoms with Crippen molar-refractivity contribution in [2.75, 3.05) is 5.32 Å². The number of amides is 1. The lowest BCUT2D eigenvalue weighted by Gasteiger charge is -2.07. The summed E-state index contributed by atoms with van der Waals surface area (Å²) < 4.78 is 1.03. The Hall–Kier alpha value is -3.90. The lowest BCUT2D eigenvalue weighted by atomic mass is 10.1. The fourth-order valence-corrected chi connectivity index (χ4v) is 2.25. The summed E-state index contributed by atoms with van der Waals surface area (Å²) in [4.78, 5) is 42.6. The van der Waals surface area contributed by atoms with E-state index in [1.54, 1.807) is 0 Å². The summed E-state index contributed by atoms with van der Waals surface area (Å²) in [6, 6.07) is 1.99. The lowest BCUT2D eigenvalue weighted by Crippen LogP contribution is -2.19. The summed E-state index contributed by atoms with van der Waals surface area (Å²) in [7, 11) is 0. The maximum Gasteiger partial charge on any atom is 0.309 e. The Balaban J connectivity index is 2.26. The summed E-state index contributed by atoms with van der Waals surface area (Å²) in [6.45, 7) is 2.22. The molecule has 0 aliphatic heterocycles.